The van der Waals surface area contributed by atoms with Crippen molar-refractivity contribution >= 4 is 40.8 Å². The summed E-state index contributed by atoms with van der Waals surface area (Å²) < 4.78 is 0. The van der Waals surface area contributed by atoms with Crippen molar-refractivity contribution in [3.05, 3.63) is 32.8 Å². The lowest BCUT2D eigenvalue weighted by Crippen LogP contribution is -2.40. The van der Waals surface area contributed by atoms with Crippen LogP contribution < -0.4 is 0 Å². The second-order valence-electron chi connectivity index (χ2n) is 6.41. The molecule has 2 rings (SSSR count). The van der Waals surface area contributed by atoms with Crippen LogP contribution in [0.3, 0.4) is 0 Å². The van der Waals surface area contributed by atoms with Gasteiger partial charge in [0, 0.05) is 29.6 Å². The SMILES string of the molecule is CC(C)(C)N1C[C@@H](C(=O)O)[C@H](c2cc(Cl)c(Cl)cc2Cl)C1. The molecule has 1 aromatic rings. The van der Waals surface area contributed by atoms with Crippen molar-refractivity contribution in [3.8, 4) is 0 Å². The molecule has 1 aromatic carbocycles. The van der Waals surface area contributed by atoms with Crippen LogP contribution in [0.5, 0.6) is 0 Å². The van der Waals surface area contributed by atoms with Crippen molar-refractivity contribution in [1.29, 1.82) is 0 Å². The van der Waals surface area contributed by atoms with E-state index in [4.69, 9.17) is 34.8 Å². The predicted molar refractivity (Wildman–Crippen MR) is 86.7 cm³/mol. The van der Waals surface area contributed by atoms with Crippen molar-refractivity contribution in [2.45, 2.75) is 32.2 Å². The molecule has 0 aromatic heterocycles. The van der Waals surface area contributed by atoms with Crippen LogP contribution in [0.4, 0.5) is 0 Å². The molecule has 0 aliphatic carbocycles. The summed E-state index contributed by atoms with van der Waals surface area (Å²) in [6, 6.07) is 3.28. The van der Waals surface area contributed by atoms with Crippen LogP contribution in [0.15, 0.2) is 12.1 Å². The van der Waals surface area contributed by atoms with Gasteiger partial charge in [-0.3, -0.25) is 9.69 Å². The molecular formula is C15H18Cl3NO2. The zero-order chi connectivity index (χ0) is 15.9. The van der Waals surface area contributed by atoms with Gasteiger partial charge in [0.2, 0.25) is 0 Å². The lowest BCUT2D eigenvalue weighted by molar-refractivity contribution is -0.141. The molecule has 6 heteroatoms. The highest BCUT2D eigenvalue weighted by molar-refractivity contribution is 6.43. The van der Waals surface area contributed by atoms with Gasteiger partial charge in [0.25, 0.3) is 0 Å². The van der Waals surface area contributed by atoms with Crippen molar-refractivity contribution in [3.63, 3.8) is 0 Å². The first-order valence-corrected chi connectivity index (χ1v) is 7.87. The van der Waals surface area contributed by atoms with Crippen LogP contribution in [0.25, 0.3) is 0 Å². The Morgan fingerprint density at radius 1 is 1.14 bits per heavy atom. The summed E-state index contributed by atoms with van der Waals surface area (Å²) in [5, 5.41) is 10.8. The Balaban J connectivity index is 2.41. The third-order valence-corrected chi connectivity index (χ3v) is 5.07. The lowest BCUT2D eigenvalue weighted by atomic mass is 9.89. The van der Waals surface area contributed by atoms with E-state index in [-0.39, 0.29) is 11.5 Å². The van der Waals surface area contributed by atoms with Gasteiger partial charge < -0.3 is 5.11 Å². The molecule has 0 spiro atoms. The van der Waals surface area contributed by atoms with E-state index in [1.807, 2.05) is 0 Å². The molecule has 1 saturated heterocycles. The van der Waals surface area contributed by atoms with Crippen molar-refractivity contribution in [2.75, 3.05) is 13.1 Å². The number of hydrogen-bond donors (Lipinski definition) is 1. The lowest BCUT2D eigenvalue weighted by Gasteiger charge is -2.31. The summed E-state index contributed by atoms with van der Waals surface area (Å²) in [4.78, 5) is 13.8. The number of likely N-dealkylation sites (tertiary alicyclic amines) is 1. The average Bonchev–Trinajstić information content (AvgIpc) is 2.78. The Labute approximate surface area is 139 Å². The average molecular weight is 351 g/mol. The second-order valence-corrected chi connectivity index (χ2v) is 7.64. The highest BCUT2D eigenvalue weighted by Gasteiger charge is 2.42. The van der Waals surface area contributed by atoms with Gasteiger partial charge in [-0.05, 0) is 38.5 Å². The molecule has 0 saturated carbocycles. The monoisotopic (exact) mass is 349 g/mol. The maximum atomic E-state index is 11.6. The molecular weight excluding hydrogens is 333 g/mol. The summed E-state index contributed by atoms with van der Waals surface area (Å²) >= 11 is 18.3. The van der Waals surface area contributed by atoms with Gasteiger partial charge in [-0.2, -0.15) is 0 Å². The third kappa shape index (κ3) is 3.48. The van der Waals surface area contributed by atoms with E-state index in [1.54, 1.807) is 12.1 Å². The fourth-order valence-electron chi connectivity index (χ4n) is 2.74. The van der Waals surface area contributed by atoms with Gasteiger partial charge in [-0.25, -0.2) is 0 Å². The van der Waals surface area contributed by atoms with Gasteiger partial charge in [-0.1, -0.05) is 34.8 Å². The summed E-state index contributed by atoms with van der Waals surface area (Å²) in [5.74, 6) is -1.50. The van der Waals surface area contributed by atoms with E-state index in [0.29, 0.717) is 28.2 Å². The molecule has 0 radical (unpaired) electrons. The third-order valence-electron chi connectivity index (χ3n) is 4.02. The molecule has 0 unspecified atom stereocenters. The van der Waals surface area contributed by atoms with Crippen molar-refractivity contribution < 1.29 is 9.90 Å². The number of benzene rings is 1. The Morgan fingerprint density at radius 3 is 2.24 bits per heavy atom. The van der Waals surface area contributed by atoms with Gasteiger partial charge in [-0.15, -0.1) is 0 Å². The number of rotatable bonds is 2. The minimum atomic E-state index is -0.811. The van der Waals surface area contributed by atoms with Gasteiger partial charge in [0.15, 0.2) is 0 Å². The molecule has 3 nitrogen and oxygen atoms in total. The largest absolute Gasteiger partial charge is 0.481 e. The van der Waals surface area contributed by atoms with E-state index < -0.39 is 11.9 Å². The van der Waals surface area contributed by atoms with Crippen molar-refractivity contribution in [2.24, 2.45) is 5.92 Å². The fourth-order valence-corrected chi connectivity index (χ4v) is 3.43. The molecule has 116 valence electrons. The number of halogens is 3. The summed E-state index contributed by atoms with van der Waals surface area (Å²) in [7, 11) is 0. The second kappa shape index (κ2) is 5.96. The van der Waals surface area contributed by atoms with Crippen LogP contribution in [0.2, 0.25) is 15.1 Å². The van der Waals surface area contributed by atoms with Gasteiger partial charge >= 0.3 is 5.97 Å². The van der Waals surface area contributed by atoms with Gasteiger partial charge in [0.1, 0.15) is 0 Å². The number of hydrogen-bond acceptors (Lipinski definition) is 2. The molecule has 0 amide bonds. The standard InChI is InChI=1S/C15H18Cl3NO2/c1-15(2,3)19-6-9(10(7-19)14(20)21)8-4-12(17)13(18)5-11(8)16/h4-5,9-10H,6-7H2,1-3H3,(H,20,21)/t9-,10+/m0/s1. The molecule has 1 aliphatic rings. The van der Waals surface area contributed by atoms with Crippen LogP contribution in [-0.2, 0) is 4.79 Å². The summed E-state index contributed by atoms with van der Waals surface area (Å²) in [5.41, 5.74) is 0.663. The van der Waals surface area contributed by atoms with E-state index in [0.717, 1.165) is 5.56 Å². The Hall–Kier alpha value is -0.480. The zero-order valence-corrected chi connectivity index (χ0v) is 14.4. The maximum absolute atomic E-state index is 11.6. The maximum Gasteiger partial charge on any atom is 0.308 e. The highest BCUT2D eigenvalue weighted by Crippen LogP contribution is 2.41. The molecule has 1 N–H and O–H groups in total. The normalized spacial score (nSPS) is 23.5. The molecule has 1 heterocycles. The van der Waals surface area contributed by atoms with E-state index in [9.17, 15) is 9.90 Å². The van der Waals surface area contributed by atoms with E-state index >= 15 is 0 Å². The number of carbonyl (C=O) groups is 1. The molecule has 1 aliphatic heterocycles. The van der Waals surface area contributed by atoms with Crippen LogP contribution in [0, 0.1) is 5.92 Å². The van der Waals surface area contributed by atoms with Gasteiger partial charge in [0.05, 0.1) is 16.0 Å². The Bertz CT molecular complexity index is 569. The Morgan fingerprint density at radius 2 is 1.71 bits per heavy atom. The number of carboxylic acid groups (broad SMARTS) is 1. The van der Waals surface area contributed by atoms with E-state index in [1.165, 1.54) is 0 Å². The predicted octanol–water partition coefficient (Wildman–Crippen LogP) is 4.55. The summed E-state index contributed by atoms with van der Waals surface area (Å²) in [6.45, 7) is 7.36. The zero-order valence-electron chi connectivity index (χ0n) is 12.2. The minimum Gasteiger partial charge on any atom is -0.481 e. The smallest absolute Gasteiger partial charge is 0.308 e. The quantitative estimate of drug-likeness (QED) is 0.796. The summed E-state index contributed by atoms with van der Waals surface area (Å²) in [6.07, 6.45) is 0. The molecule has 2 atom stereocenters. The topological polar surface area (TPSA) is 40.5 Å². The molecule has 1 fully saturated rings. The first-order chi connectivity index (χ1) is 9.61. The molecule has 21 heavy (non-hydrogen) atoms. The highest BCUT2D eigenvalue weighted by atomic mass is 35.5. The Kier molecular flexibility index (Phi) is 4.79. The van der Waals surface area contributed by atoms with E-state index in [2.05, 4.69) is 25.7 Å². The number of carboxylic acids is 1. The van der Waals surface area contributed by atoms with Crippen molar-refractivity contribution in [1.82, 2.24) is 4.90 Å². The van der Waals surface area contributed by atoms with Crippen LogP contribution in [0.1, 0.15) is 32.3 Å². The fraction of sp³-hybridized carbons (Fsp3) is 0.533. The minimum absolute atomic E-state index is 0.0921. The first-order valence-electron chi connectivity index (χ1n) is 6.73. The number of nitrogens with zero attached hydrogens (tertiary/aromatic N) is 1. The molecule has 0 bridgehead atoms. The van der Waals surface area contributed by atoms with Crippen LogP contribution in [-0.4, -0.2) is 34.6 Å². The number of aliphatic carboxylic acids is 1. The van der Waals surface area contributed by atoms with Crippen LogP contribution >= 0.6 is 34.8 Å². The first kappa shape index (κ1) is 16.9.